The van der Waals surface area contributed by atoms with Gasteiger partial charge in [-0.25, -0.2) is 9.97 Å². The number of anilines is 1. The Morgan fingerprint density at radius 3 is 2.59 bits per heavy atom. The van der Waals surface area contributed by atoms with Crippen molar-refractivity contribution in [3.63, 3.8) is 0 Å². The van der Waals surface area contributed by atoms with E-state index >= 15 is 0 Å². The largest absolute Gasteiger partial charge is 0.259 e. The minimum absolute atomic E-state index is 0.292. The Labute approximate surface area is 112 Å². The van der Waals surface area contributed by atoms with Gasteiger partial charge in [-0.05, 0) is 17.7 Å². The number of hydrogen-bond donors (Lipinski definition) is 1. The average molecular weight is 312 g/mol. The molecule has 2 rings (SSSR count). The van der Waals surface area contributed by atoms with Crippen molar-refractivity contribution in [3.8, 4) is 0 Å². The van der Waals surface area contributed by atoms with Crippen LogP contribution in [0.2, 0.25) is 5.15 Å². The Bertz CT molecular complexity index is 527. The van der Waals surface area contributed by atoms with Gasteiger partial charge in [-0.15, -0.1) is 0 Å². The van der Waals surface area contributed by atoms with E-state index in [4.69, 9.17) is 11.6 Å². The fraction of sp³-hybridized carbons (Fsp3) is 0. The zero-order chi connectivity index (χ0) is 12.1. The van der Waals surface area contributed by atoms with Crippen LogP contribution in [0, 0.1) is 0 Å². The topological polar surface area (TPSA) is 50.2 Å². The lowest BCUT2D eigenvalue weighted by atomic mass is 10.2. The van der Waals surface area contributed by atoms with Crippen LogP contribution in [0.5, 0.6) is 0 Å². The SMILES string of the molecule is Clc1nccnc1NN=Cc1ccc(Br)cc1. The van der Waals surface area contributed by atoms with Crippen LogP contribution in [0.15, 0.2) is 46.2 Å². The molecule has 0 fully saturated rings. The number of hydrogen-bond acceptors (Lipinski definition) is 4. The van der Waals surface area contributed by atoms with Gasteiger partial charge < -0.3 is 0 Å². The molecule has 0 aliphatic heterocycles. The summed E-state index contributed by atoms with van der Waals surface area (Å²) in [7, 11) is 0. The van der Waals surface area contributed by atoms with Crippen molar-refractivity contribution in [2.75, 3.05) is 5.43 Å². The van der Waals surface area contributed by atoms with E-state index in [1.54, 1.807) is 12.4 Å². The van der Waals surface area contributed by atoms with Gasteiger partial charge in [0.25, 0.3) is 0 Å². The third-order valence-corrected chi connectivity index (χ3v) is 2.71. The molecule has 0 spiro atoms. The molecule has 0 unspecified atom stereocenters. The normalized spacial score (nSPS) is 10.7. The van der Waals surface area contributed by atoms with Crippen molar-refractivity contribution in [2.45, 2.75) is 0 Å². The van der Waals surface area contributed by atoms with E-state index in [1.165, 1.54) is 6.20 Å². The van der Waals surface area contributed by atoms with Crippen LogP contribution in [0.1, 0.15) is 5.56 Å². The summed E-state index contributed by atoms with van der Waals surface area (Å²) in [5.74, 6) is 0.433. The Morgan fingerprint density at radius 2 is 1.88 bits per heavy atom. The third kappa shape index (κ3) is 3.51. The highest BCUT2D eigenvalue weighted by Gasteiger charge is 1.98. The standard InChI is InChI=1S/C11H8BrClN4/c12-9-3-1-8(2-4-9)7-16-17-11-10(13)14-5-6-15-11/h1-7H,(H,15,17). The number of hydrazone groups is 1. The lowest BCUT2D eigenvalue weighted by molar-refractivity contribution is 1.16. The van der Waals surface area contributed by atoms with E-state index in [0.717, 1.165) is 10.0 Å². The summed E-state index contributed by atoms with van der Waals surface area (Å²) in [5.41, 5.74) is 3.70. The van der Waals surface area contributed by atoms with Crippen molar-refractivity contribution in [3.05, 3.63) is 51.8 Å². The molecule has 1 N–H and O–H groups in total. The molecule has 0 saturated heterocycles. The molecule has 0 atom stereocenters. The molecule has 1 aromatic heterocycles. The second kappa shape index (κ2) is 5.75. The molecule has 0 aliphatic carbocycles. The second-order valence-corrected chi connectivity index (χ2v) is 4.39. The van der Waals surface area contributed by atoms with Gasteiger partial charge in [-0.2, -0.15) is 5.10 Å². The Morgan fingerprint density at radius 1 is 1.18 bits per heavy atom. The molecule has 0 aliphatic rings. The number of nitrogens with one attached hydrogen (secondary N) is 1. The van der Waals surface area contributed by atoms with Crippen LogP contribution in [-0.2, 0) is 0 Å². The zero-order valence-corrected chi connectivity index (χ0v) is 11.0. The highest BCUT2D eigenvalue weighted by molar-refractivity contribution is 9.10. The number of aromatic nitrogens is 2. The molecule has 0 radical (unpaired) electrons. The molecular weight excluding hydrogens is 304 g/mol. The third-order valence-electron chi connectivity index (χ3n) is 1.91. The predicted molar refractivity (Wildman–Crippen MR) is 72.4 cm³/mol. The lowest BCUT2D eigenvalue weighted by Gasteiger charge is -1.99. The monoisotopic (exact) mass is 310 g/mol. The molecule has 17 heavy (non-hydrogen) atoms. The molecule has 86 valence electrons. The van der Waals surface area contributed by atoms with Gasteiger partial charge in [0, 0.05) is 16.9 Å². The predicted octanol–water partition coefficient (Wildman–Crippen LogP) is 3.34. The van der Waals surface area contributed by atoms with Crippen LogP contribution in [0.3, 0.4) is 0 Å². The summed E-state index contributed by atoms with van der Waals surface area (Å²) in [6, 6.07) is 7.76. The summed E-state index contributed by atoms with van der Waals surface area (Å²) in [6.45, 7) is 0. The molecule has 6 heteroatoms. The van der Waals surface area contributed by atoms with Crippen LogP contribution in [0.4, 0.5) is 5.82 Å². The lowest BCUT2D eigenvalue weighted by Crippen LogP contribution is -1.95. The van der Waals surface area contributed by atoms with Crippen molar-refractivity contribution in [2.24, 2.45) is 5.10 Å². The van der Waals surface area contributed by atoms with Gasteiger partial charge in [-0.3, -0.25) is 5.43 Å². The Kier molecular flexibility index (Phi) is 4.06. The molecule has 1 aromatic carbocycles. The Balaban J connectivity index is 2.03. The highest BCUT2D eigenvalue weighted by atomic mass is 79.9. The summed E-state index contributed by atoms with van der Waals surface area (Å²) in [5, 5.41) is 4.32. The van der Waals surface area contributed by atoms with Gasteiger partial charge in [0.2, 0.25) is 0 Å². The zero-order valence-electron chi connectivity index (χ0n) is 8.64. The van der Waals surface area contributed by atoms with Crippen molar-refractivity contribution in [1.82, 2.24) is 9.97 Å². The number of rotatable bonds is 3. The fourth-order valence-corrected chi connectivity index (χ4v) is 1.52. The van der Waals surface area contributed by atoms with E-state index < -0.39 is 0 Å². The van der Waals surface area contributed by atoms with Crippen molar-refractivity contribution in [1.29, 1.82) is 0 Å². The first-order chi connectivity index (χ1) is 8.25. The highest BCUT2D eigenvalue weighted by Crippen LogP contribution is 2.14. The summed E-state index contributed by atoms with van der Waals surface area (Å²) < 4.78 is 1.03. The maximum atomic E-state index is 5.81. The van der Waals surface area contributed by atoms with Gasteiger partial charge in [0.15, 0.2) is 11.0 Å². The van der Waals surface area contributed by atoms with Crippen molar-refractivity contribution >= 4 is 39.6 Å². The van der Waals surface area contributed by atoms with E-state index in [1.807, 2.05) is 24.3 Å². The van der Waals surface area contributed by atoms with Crippen LogP contribution >= 0.6 is 27.5 Å². The van der Waals surface area contributed by atoms with E-state index in [-0.39, 0.29) is 0 Å². The second-order valence-electron chi connectivity index (χ2n) is 3.12. The summed E-state index contributed by atoms with van der Waals surface area (Å²) in [6.07, 6.45) is 4.74. The first-order valence-electron chi connectivity index (χ1n) is 4.77. The van der Waals surface area contributed by atoms with E-state index in [0.29, 0.717) is 11.0 Å². The maximum Gasteiger partial charge on any atom is 0.184 e. The number of halogens is 2. The minimum Gasteiger partial charge on any atom is -0.259 e. The minimum atomic E-state index is 0.292. The molecule has 2 aromatic rings. The average Bonchev–Trinajstić information content (AvgIpc) is 2.34. The molecule has 0 amide bonds. The van der Waals surface area contributed by atoms with Gasteiger partial charge in [0.05, 0.1) is 6.21 Å². The van der Waals surface area contributed by atoms with Crippen LogP contribution in [0.25, 0.3) is 0 Å². The fourth-order valence-electron chi connectivity index (χ4n) is 1.11. The summed E-state index contributed by atoms with van der Waals surface area (Å²) in [4.78, 5) is 7.87. The maximum absolute atomic E-state index is 5.81. The quantitative estimate of drug-likeness (QED) is 0.698. The molecule has 4 nitrogen and oxygen atoms in total. The van der Waals surface area contributed by atoms with Gasteiger partial charge in [0.1, 0.15) is 0 Å². The molecule has 0 saturated carbocycles. The molecule has 0 bridgehead atoms. The smallest absolute Gasteiger partial charge is 0.184 e. The van der Waals surface area contributed by atoms with E-state index in [9.17, 15) is 0 Å². The summed E-state index contributed by atoms with van der Waals surface area (Å²) >= 11 is 9.17. The van der Waals surface area contributed by atoms with Crippen LogP contribution in [-0.4, -0.2) is 16.2 Å². The first kappa shape index (κ1) is 12.0. The Hall–Kier alpha value is -1.46. The van der Waals surface area contributed by atoms with Crippen molar-refractivity contribution < 1.29 is 0 Å². The van der Waals surface area contributed by atoms with Gasteiger partial charge in [-0.1, -0.05) is 39.7 Å². The van der Waals surface area contributed by atoms with E-state index in [2.05, 4.69) is 36.4 Å². The number of benzene rings is 1. The molecule has 1 heterocycles. The first-order valence-corrected chi connectivity index (χ1v) is 5.94. The van der Waals surface area contributed by atoms with Crippen LogP contribution < -0.4 is 5.43 Å². The molecular formula is C11H8BrClN4. The number of nitrogens with zero attached hydrogens (tertiary/aromatic N) is 3. The van der Waals surface area contributed by atoms with Gasteiger partial charge >= 0.3 is 0 Å².